The molecule has 19 heavy (non-hydrogen) atoms. The highest BCUT2D eigenvalue weighted by atomic mass is 16.6. The van der Waals surface area contributed by atoms with Crippen LogP contribution in [0, 0.1) is 17.0 Å². The van der Waals surface area contributed by atoms with Crippen molar-refractivity contribution in [3.63, 3.8) is 0 Å². The van der Waals surface area contributed by atoms with Crippen molar-refractivity contribution < 1.29 is 19.9 Å². The number of nitro groups is 1. The summed E-state index contributed by atoms with van der Waals surface area (Å²) in [6.07, 6.45) is -0.939. The smallest absolute Gasteiger partial charge is 0.334 e. The number of aliphatic hydroxyl groups excluding tert-OH is 2. The zero-order valence-electron chi connectivity index (χ0n) is 10.7. The Morgan fingerprint density at radius 2 is 2.21 bits per heavy atom. The van der Waals surface area contributed by atoms with E-state index in [0.29, 0.717) is 0 Å². The van der Waals surface area contributed by atoms with Crippen LogP contribution in [0.1, 0.15) is 23.7 Å². The van der Waals surface area contributed by atoms with E-state index in [9.17, 15) is 20.3 Å². The Kier molecular flexibility index (Phi) is 5.16. The quantitative estimate of drug-likeness (QED) is 0.492. The van der Waals surface area contributed by atoms with Crippen molar-refractivity contribution in [1.82, 2.24) is 4.98 Å². The van der Waals surface area contributed by atoms with Gasteiger partial charge < -0.3 is 20.7 Å². The molecule has 0 aromatic carbocycles. The molecule has 0 spiro atoms. The normalized spacial score (nSPS) is 13.9. The molecule has 1 aromatic heterocycles. The molecule has 0 bridgehead atoms. The summed E-state index contributed by atoms with van der Waals surface area (Å²) < 4.78 is 4.81. The fourth-order valence-electron chi connectivity index (χ4n) is 1.78. The van der Waals surface area contributed by atoms with Gasteiger partial charge in [-0.15, -0.1) is 0 Å². The Labute approximate surface area is 110 Å². The monoisotopic (exact) mass is 271 g/mol. The van der Waals surface area contributed by atoms with Crippen molar-refractivity contribution in [2.24, 2.45) is 5.73 Å². The average Bonchev–Trinajstić information content (AvgIpc) is 2.37. The third-order valence-electron chi connectivity index (χ3n) is 2.83. The van der Waals surface area contributed by atoms with Crippen molar-refractivity contribution in [3.8, 4) is 5.88 Å². The summed E-state index contributed by atoms with van der Waals surface area (Å²) in [6.45, 7) is 1.67. The first kappa shape index (κ1) is 15.3. The first-order chi connectivity index (χ1) is 8.93. The van der Waals surface area contributed by atoms with E-state index in [-0.39, 0.29) is 35.7 Å². The predicted octanol–water partition coefficient (Wildman–Crippen LogP) is 0.0499. The molecule has 2 unspecified atom stereocenters. The second-order valence-electron chi connectivity index (χ2n) is 4.04. The van der Waals surface area contributed by atoms with Gasteiger partial charge in [-0.25, -0.2) is 4.98 Å². The second-order valence-corrected chi connectivity index (χ2v) is 4.04. The molecule has 2 atom stereocenters. The molecule has 106 valence electrons. The van der Waals surface area contributed by atoms with Crippen LogP contribution in [0.3, 0.4) is 0 Å². The lowest BCUT2D eigenvalue weighted by Crippen LogP contribution is -2.23. The molecule has 8 nitrogen and oxygen atoms in total. The molecule has 0 fully saturated rings. The molecular formula is C11H17N3O5. The maximum Gasteiger partial charge on any atom is 0.334 e. The largest absolute Gasteiger partial charge is 0.476 e. The van der Waals surface area contributed by atoms with Crippen LogP contribution < -0.4 is 10.5 Å². The van der Waals surface area contributed by atoms with Crippen LogP contribution in [-0.4, -0.2) is 39.9 Å². The Morgan fingerprint density at radius 1 is 1.58 bits per heavy atom. The van der Waals surface area contributed by atoms with E-state index >= 15 is 0 Å². The van der Waals surface area contributed by atoms with E-state index in [1.54, 1.807) is 0 Å². The van der Waals surface area contributed by atoms with Gasteiger partial charge in [0, 0.05) is 17.3 Å². The number of aliphatic hydroxyl groups is 2. The maximum absolute atomic E-state index is 11.0. The summed E-state index contributed by atoms with van der Waals surface area (Å²) in [6, 6.07) is 0. The van der Waals surface area contributed by atoms with Crippen LogP contribution in [0.4, 0.5) is 5.69 Å². The zero-order valence-corrected chi connectivity index (χ0v) is 10.7. The Balaban J connectivity index is 3.23. The molecule has 0 radical (unpaired) electrons. The highest BCUT2D eigenvalue weighted by Gasteiger charge is 2.28. The number of hydrogen-bond donors (Lipinski definition) is 3. The molecule has 1 heterocycles. The molecule has 0 aliphatic rings. The Bertz CT molecular complexity index is 466. The van der Waals surface area contributed by atoms with E-state index in [0.717, 1.165) is 0 Å². The number of rotatable bonds is 6. The molecule has 4 N–H and O–H groups in total. The van der Waals surface area contributed by atoms with Gasteiger partial charge in [0.1, 0.15) is 6.10 Å². The molecule has 0 aliphatic carbocycles. The van der Waals surface area contributed by atoms with E-state index in [1.165, 1.54) is 20.2 Å². The first-order valence-corrected chi connectivity index (χ1v) is 5.68. The van der Waals surface area contributed by atoms with E-state index < -0.39 is 17.1 Å². The van der Waals surface area contributed by atoms with Crippen molar-refractivity contribution in [1.29, 1.82) is 0 Å². The minimum absolute atomic E-state index is 0.133. The molecular weight excluding hydrogens is 254 g/mol. The fourth-order valence-corrected chi connectivity index (χ4v) is 1.78. The van der Waals surface area contributed by atoms with Crippen LogP contribution in [-0.2, 0) is 0 Å². The lowest BCUT2D eigenvalue weighted by atomic mass is 9.99. The van der Waals surface area contributed by atoms with Crippen LogP contribution in [0.25, 0.3) is 0 Å². The number of nitrogens with two attached hydrogens (primary N) is 1. The lowest BCUT2D eigenvalue weighted by Gasteiger charge is -2.19. The number of ether oxygens (including phenoxy) is 1. The molecule has 1 rings (SSSR count). The van der Waals surface area contributed by atoms with Crippen molar-refractivity contribution >= 4 is 5.69 Å². The molecule has 1 aromatic rings. The number of hydrogen-bond acceptors (Lipinski definition) is 7. The van der Waals surface area contributed by atoms with Gasteiger partial charge in [0.2, 0.25) is 0 Å². The van der Waals surface area contributed by atoms with Gasteiger partial charge in [-0.2, -0.15) is 0 Å². The third-order valence-corrected chi connectivity index (χ3v) is 2.83. The molecule has 0 saturated heterocycles. The summed E-state index contributed by atoms with van der Waals surface area (Å²) >= 11 is 0. The third kappa shape index (κ3) is 3.16. The van der Waals surface area contributed by atoms with Gasteiger partial charge in [-0.3, -0.25) is 10.1 Å². The second kappa shape index (κ2) is 6.41. The molecule has 0 aliphatic heterocycles. The summed E-state index contributed by atoms with van der Waals surface area (Å²) in [7, 11) is 1.27. The van der Waals surface area contributed by atoms with Crippen LogP contribution in [0.2, 0.25) is 0 Å². The summed E-state index contributed by atoms with van der Waals surface area (Å²) in [5.74, 6) is -0.133. The maximum atomic E-state index is 11.0. The Hall–Kier alpha value is -1.77. The van der Waals surface area contributed by atoms with Gasteiger partial charge in [0.15, 0.2) is 0 Å². The first-order valence-electron chi connectivity index (χ1n) is 5.68. The van der Waals surface area contributed by atoms with Crippen molar-refractivity contribution in [3.05, 3.63) is 27.4 Å². The topological polar surface area (TPSA) is 132 Å². The van der Waals surface area contributed by atoms with Crippen molar-refractivity contribution in [2.75, 3.05) is 13.7 Å². The minimum Gasteiger partial charge on any atom is -0.476 e. The Morgan fingerprint density at radius 3 is 2.68 bits per heavy atom. The van der Waals surface area contributed by atoms with E-state index in [4.69, 9.17) is 10.5 Å². The number of pyridine rings is 1. The van der Waals surface area contributed by atoms with Crippen LogP contribution in [0.5, 0.6) is 5.88 Å². The predicted molar refractivity (Wildman–Crippen MR) is 66.8 cm³/mol. The van der Waals surface area contributed by atoms with Crippen molar-refractivity contribution in [2.45, 2.75) is 25.6 Å². The molecule has 0 saturated carbocycles. The highest BCUT2D eigenvalue weighted by molar-refractivity contribution is 5.51. The number of aromatic nitrogens is 1. The van der Waals surface area contributed by atoms with Gasteiger partial charge >= 0.3 is 5.69 Å². The van der Waals surface area contributed by atoms with Gasteiger partial charge in [-0.1, -0.05) is 0 Å². The summed E-state index contributed by atoms with van der Waals surface area (Å²) in [5.41, 5.74) is 5.37. The molecule has 0 amide bonds. The lowest BCUT2D eigenvalue weighted by molar-refractivity contribution is -0.386. The van der Waals surface area contributed by atoms with Crippen LogP contribution in [0.15, 0.2) is 6.20 Å². The molecule has 8 heteroatoms. The number of methoxy groups -OCH3 is 1. The van der Waals surface area contributed by atoms with E-state index in [1.807, 2.05) is 0 Å². The standard InChI is InChI=1S/C11H17N3O5/c1-6-7(10(16)8(15)3-4-12)5-13-11(19-2)9(6)14(17)18/h5,8,10,15-16H,3-4,12H2,1-2H3. The SMILES string of the molecule is COc1ncc(C(O)C(O)CCN)c(C)c1[N+](=O)[O-]. The van der Waals surface area contributed by atoms with Gasteiger partial charge in [0.05, 0.1) is 18.1 Å². The van der Waals surface area contributed by atoms with E-state index in [2.05, 4.69) is 4.98 Å². The fraction of sp³-hybridized carbons (Fsp3) is 0.545. The van der Waals surface area contributed by atoms with Gasteiger partial charge in [-0.05, 0) is 19.9 Å². The average molecular weight is 271 g/mol. The minimum atomic E-state index is -1.28. The summed E-state index contributed by atoms with van der Waals surface area (Å²) in [4.78, 5) is 14.1. The highest BCUT2D eigenvalue weighted by Crippen LogP contribution is 2.33. The number of nitrogens with zero attached hydrogens (tertiary/aromatic N) is 2. The zero-order chi connectivity index (χ0) is 14.6. The summed E-state index contributed by atoms with van der Waals surface area (Å²) in [5, 5.41) is 30.6. The van der Waals surface area contributed by atoms with Crippen LogP contribution >= 0.6 is 0 Å². The van der Waals surface area contributed by atoms with Gasteiger partial charge in [0.25, 0.3) is 5.88 Å².